The van der Waals surface area contributed by atoms with Crippen LogP contribution in [0, 0.1) is 6.92 Å². The molecule has 0 radical (unpaired) electrons. The Labute approximate surface area is 165 Å². The molecule has 0 amide bonds. The van der Waals surface area contributed by atoms with Crippen molar-refractivity contribution in [2.24, 2.45) is 0 Å². The van der Waals surface area contributed by atoms with Crippen LogP contribution in [-0.4, -0.2) is 35.2 Å². The van der Waals surface area contributed by atoms with Gasteiger partial charge in [0.1, 0.15) is 5.75 Å². The summed E-state index contributed by atoms with van der Waals surface area (Å²) in [5, 5.41) is 4.16. The van der Waals surface area contributed by atoms with Gasteiger partial charge in [-0.25, -0.2) is 0 Å². The molecule has 1 unspecified atom stereocenters. The average Bonchev–Trinajstić information content (AvgIpc) is 3.33. The van der Waals surface area contributed by atoms with Gasteiger partial charge in [-0.15, -0.1) is 12.4 Å². The first-order chi connectivity index (χ1) is 12.7. The molecule has 2 aromatic carbocycles. The molecule has 1 atom stereocenters. The fourth-order valence-corrected chi connectivity index (χ4v) is 3.41. The Hall–Kier alpha value is -2.37. The van der Waals surface area contributed by atoms with Crippen molar-refractivity contribution in [1.29, 1.82) is 0 Å². The first-order valence-electron chi connectivity index (χ1n) is 8.97. The molecule has 0 N–H and O–H groups in total. The Bertz CT molecular complexity index is 879. The molecule has 3 aromatic rings. The highest BCUT2D eigenvalue weighted by Crippen LogP contribution is 2.29. The molecule has 1 aromatic heterocycles. The second kappa shape index (κ2) is 8.55. The van der Waals surface area contributed by atoms with E-state index in [0.29, 0.717) is 11.7 Å². The van der Waals surface area contributed by atoms with Crippen molar-refractivity contribution in [3.8, 4) is 17.1 Å². The lowest BCUT2D eigenvalue weighted by Gasteiger charge is -2.15. The number of halogens is 1. The lowest BCUT2D eigenvalue weighted by molar-refractivity contribution is 0.309. The summed E-state index contributed by atoms with van der Waals surface area (Å²) in [6.45, 7) is 5.09. The molecule has 1 saturated heterocycles. The van der Waals surface area contributed by atoms with E-state index in [0.717, 1.165) is 43.3 Å². The molecule has 0 saturated carbocycles. The second-order valence-corrected chi connectivity index (χ2v) is 6.89. The Morgan fingerprint density at radius 1 is 1.19 bits per heavy atom. The molecule has 5 nitrogen and oxygen atoms in total. The summed E-state index contributed by atoms with van der Waals surface area (Å²) in [4.78, 5) is 7.08. The minimum absolute atomic E-state index is 0. The summed E-state index contributed by atoms with van der Waals surface area (Å²) in [6.07, 6.45) is 1.05. The summed E-state index contributed by atoms with van der Waals surface area (Å²) in [5.41, 5.74) is 3.55. The monoisotopic (exact) mass is 385 g/mol. The fraction of sp³-hybridized carbons (Fsp3) is 0.333. The number of hydrogen-bond acceptors (Lipinski definition) is 5. The smallest absolute Gasteiger partial charge is 0.231 e. The standard InChI is InChI=1S/C21H23N3O2.ClH/c1-15-6-8-16(9-7-15)13-24-11-10-18(14-24)21-22-20(23-26-21)17-4-3-5-19(12-17)25-2;/h3-9,12,18H,10-11,13-14H2,1-2H3;1H. The molecule has 142 valence electrons. The first-order valence-corrected chi connectivity index (χ1v) is 8.97. The highest BCUT2D eigenvalue weighted by atomic mass is 35.5. The molecule has 1 fully saturated rings. The van der Waals surface area contributed by atoms with E-state index in [1.54, 1.807) is 7.11 Å². The van der Waals surface area contributed by atoms with Gasteiger partial charge >= 0.3 is 0 Å². The number of aromatic nitrogens is 2. The van der Waals surface area contributed by atoms with Gasteiger partial charge in [0, 0.05) is 18.7 Å². The number of methoxy groups -OCH3 is 1. The van der Waals surface area contributed by atoms with Crippen LogP contribution in [0.1, 0.15) is 29.4 Å². The van der Waals surface area contributed by atoms with E-state index in [4.69, 9.17) is 9.26 Å². The quantitative estimate of drug-likeness (QED) is 0.648. The molecule has 0 spiro atoms. The van der Waals surface area contributed by atoms with Crippen molar-refractivity contribution in [3.63, 3.8) is 0 Å². The van der Waals surface area contributed by atoms with Crippen LogP contribution < -0.4 is 4.74 Å². The number of hydrogen-bond donors (Lipinski definition) is 0. The number of benzene rings is 2. The van der Waals surface area contributed by atoms with Gasteiger partial charge in [-0.3, -0.25) is 4.90 Å². The Kier molecular flexibility index (Phi) is 6.14. The molecular formula is C21H24ClN3O2. The molecule has 0 bridgehead atoms. The van der Waals surface area contributed by atoms with E-state index >= 15 is 0 Å². The van der Waals surface area contributed by atoms with Crippen molar-refractivity contribution in [1.82, 2.24) is 15.0 Å². The van der Waals surface area contributed by atoms with Gasteiger partial charge in [0.05, 0.1) is 13.0 Å². The van der Waals surface area contributed by atoms with Gasteiger partial charge in [0.25, 0.3) is 0 Å². The zero-order valence-electron chi connectivity index (χ0n) is 15.6. The molecule has 6 heteroatoms. The van der Waals surface area contributed by atoms with Crippen LogP contribution >= 0.6 is 12.4 Å². The number of likely N-dealkylation sites (tertiary alicyclic amines) is 1. The zero-order chi connectivity index (χ0) is 17.9. The van der Waals surface area contributed by atoms with E-state index < -0.39 is 0 Å². The maximum absolute atomic E-state index is 5.56. The topological polar surface area (TPSA) is 51.4 Å². The van der Waals surface area contributed by atoms with E-state index in [9.17, 15) is 0 Å². The van der Waals surface area contributed by atoms with Crippen LogP contribution in [0.2, 0.25) is 0 Å². The maximum atomic E-state index is 5.56. The SMILES string of the molecule is COc1cccc(-c2noc(C3CCN(Cc4ccc(C)cc4)C3)n2)c1.Cl. The van der Waals surface area contributed by atoms with E-state index in [1.807, 2.05) is 24.3 Å². The van der Waals surface area contributed by atoms with Crippen molar-refractivity contribution in [2.75, 3.05) is 20.2 Å². The predicted octanol–water partition coefficient (Wildman–Crippen LogP) is 4.46. The minimum Gasteiger partial charge on any atom is -0.497 e. The number of nitrogens with zero attached hydrogens (tertiary/aromatic N) is 3. The third-order valence-corrected chi connectivity index (χ3v) is 4.92. The zero-order valence-corrected chi connectivity index (χ0v) is 16.4. The van der Waals surface area contributed by atoms with Crippen LogP contribution in [0.15, 0.2) is 53.1 Å². The minimum atomic E-state index is 0. The molecule has 27 heavy (non-hydrogen) atoms. The molecule has 2 heterocycles. The second-order valence-electron chi connectivity index (χ2n) is 6.89. The Morgan fingerprint density at radius 3 is 2.78 bits per heavy atom. The number of ether oxygens (including phenoxy) is 1. The summed E-state index contributed by atoms with van der Waals surface area (Å²) in [5.74, 6) is 2.44. The first kappa shape index (κ1) is 19.4. The van der Waals surface area contributed by atoms with Crippen LogP contribution in [0.5, 0.6) is 5.75 Å². The molecular weight excluding hydrogens is 362 g/mol. The van der Waals surface area contributed by atoms with Gasteiger partial charge in [-0.1, -0.05) is 47.1 Å². The Morgan fingerprint density at radius 2 is 2.00 bits per heavy atom. The van der Waals surface area contributed by atoms with Crippen molar-refractivity contribution >= 4 is 12.4 Å². The van der Waals surface area contributed by atoms with Crippen molar-refractivity contribution in [3.05, 3.63) is 65.5 Å². The lowest BCUT2D eigenvalue weighted by Crippen LogP contribution is -2.19. The predicted molar refractivity (Wildman–Crippen MR) is 107 cm³/mol. The summed E-state index contributed by atoms with van der Waals surface area (Å²) in [7, 11) is 1.65. The van der Waals surface area contributed by atoms with Gasteiger partial charge in [0.15, 0.2) is 0 Å². The third kappa shape index (κ3) is 4.49. The normalized spacial score (nSPS) is 16.9. The molecule has 1 aliphatic rings. The number of aryl methyl sites for hydroxylation is 1. The van der Waals surface area contributed by atoms with E-state index in [-0.39, 0.29) is 12.4 Å². The van der Waals surface area contributed by atoms with Crippen LogP contribution in [0.4, 0.5) is 0 Å². The van der Waals surface area contributed by atoms with Crippen molar-refractivity contribution in [2.45, 2.75) is 25.8 Å². The van der Waals surface area contributed by atoms with Crippen LogP contribution in [-0.2, 0) is 6.54 Å². The average molecular weight is 386 g/mol. The molecule has 1 aliphatic heterocycles. The summed E-state index contributed by atoms with van der Waals surface area (Å²) < 4.78 is 10.8. The highest BCUT2D eigenvalue weighted by Gasteiger charge is 2.28. The van der Waals surface area contributed by atoms with Gasteiger partial charge < -0.3 is 9.26 Å². The summed E-state index contributed by atoms with van der Waals surface area (Å²) in [6, 6.07) is 16.5. The lowest BCUT2D eigenvalue weighted by atomic mass is 10.1. The van der Waals surface area contributed by atoms with Crippen LogP contribution in [0.25, 0.3) is 11.4 Å². The Balaban J connectivity index is 0.00000210. The van der Waals surface area contributed by atoms with Gasteiger partial charge in [-0.05, 0) is 37.6 Å². The summed E-state index contributed by atoms with van der Waals surface area (Å²) >= 11 is 0. The van der Waals surface area contributed by atoms with Crippen LogP contribution in [0.3, 0.4) is 0 Å². The molecule has 4 rings (SSSR count). The van der Waals surface area contributed by atoms with Gasteiger partial charge in [-0.2, -0.15) is 4.98 Å². The fourth-order valence-electron chi connectivity index (χ4n) is 3.41. The highest BCUT2D eigenvalue weighted by molar-refractivity contribution is 5.85. The number of rotatable bonds is 5. The van der Waals surface area contributed by atoms with E-state index in [2.05, 4.69) is 46.2 Å². The van der Waals surface area contributed by atoms with Gasteiger partial charge in [0.2, 0.25) is 11.7 Å². The third-order valence-electron chi connectivity index (χ3n) is 4.92. The van der Waals surface area contributed by atoms with E-state index in [1.165, 1.54) is 11.1 Å². The maximum Gasteiger partial charge on any atom is 0.231 e. The molecule has 0 aliphatic carbocycles. The van der Waals surface area contributed by atoms with Crippen molar-refractivity contribution < 1.29 is 9.26 Å². The largest absolute Gasteiger partial charge is 0.497 e.